The van der Waals surface area contributed by atoms with Crippen LogP contribution < -0.4 is 0 Å². The summed E-state index contributed by atoms with van der Waals surface area (Å²) >= 11 is 3.58. The normalized spacial score (nSPS) is 11.6. The van der Waals surface area contributed by atoms with E-state index in [-0.39, 0.29) is 0 Å². The van der Waals surface area contributed by atoms with Crippen molar-refractivity contribution in [2.75, 3.05) is 0 Å². The van der Waals surface area contributed by atoms with Gasteiger partial charge in [-0.05, 0) is 63.7 Å². The fourth-order valence-corrected chi connectivity index (χ4v) is 9.40. The summed E-state index contributed by atoms with van der Waals surface area (Å²) < 4.78 is 3.77. The Bertz CT molecular complexity index is 2880. The van der Waals surface area contributed by atoms with E-state index in [0.29, 0.717) is 0 Å². The zero-order valence-corrected chi connectivity index (χ0v) is 28.5. The third-order valence-electron chi connectivity index (χ3n) is 9.52. The van der Waals surface area contributed by atoms with Gasteiger partial charge in [0.15, 0.2) is 5.82 Å². The molecule has 0 fully saturated rings. The maximum absolute atomic E-state index is 5.42. The minimum absolute atomic E-state index is 0.741. The van der Waals surface area contributed by atoms with Gasteiger partial charge in [0.25, 0.3) is 0 Å². The molecule has 7 aromatic carbocycles. The first-order chi connectivity index (χ1) is 24.8. The Morgan fingerprint density at radius 1 is 0.360 bits per heavy atom. The van der Waals surface area contributed by atoms with E-state index in [4.69, 9.17) is 9.97 Å². The molecule has 0 spiro atoms. The summed E-state index contributed by atoms with van der Waals surface area (Å²) in [6.07, 6.45) is 0. The van der Waals surface area contributed by atoms with Crippen molar-refractivity contribution in [2.45, 2.75) is 0 Å². The Morgan fingerprint density at radius 3 is 1.56 bits per heavy atom. The molecule has 0 unspecified atom stereocenters. The topological polar surface area (TPSA) is 25.8 Å². The average Bonchev–Trinajstić information content (AvgIpc) is 3.77. The molecular weight excluding hydrogens is 645 g/mol. The molecule has 50 heavy (non-hydrogen) atoms. The SMILES string of the molecule is c1ccc(-c2cccc(-c3cccc(-c4cccc(-c5nc(-c6cccc7c6sc6ccccc67)c6c(n5)sc5ccccc56)c4)c3)c2)cc1. The van der Waals surface area contributed by atoms with Gasteiger partial charge in [-0.25, -0.2) is 9.97 Å². The van der Waals surface area contributed by atoms with Gasteiger partial charge < -0.3 is 0 Å². The fraction of sp³-hybridized carbons (Fsp3) is 0. The lowest BCUT2D eigenvalue weighted by Crippen LogP contribution is -1.94. The standard InChI is InChI=1S/C46H28N2S2/c1-2-12-29(13-3-1)30-14-8-15-31(26-30)32-16-9-17-33(27-32)34-18-10-19-35(28-34)45-47-43(42-38-21-5-7-25-41(38)50-46(42)48-45)39-23-11-22-37-36-20-4-6-24-40(36)49-44(37)39/h1-28H. The van der Waals surface area contributed by atoms with E-state index in [0.717, 1.165) is 44.0 Å². The fourth-order valence-electron chi connectivity index (χ4n) is 7.11. The smallest absolute Gasteiger partial charge is 0.161 e. The number of benzene rings is 7. The highest BCUT2D eigenvalue weighted by molar-refractivity contribution is 7.26. The number of nitrogens with zero attached hydrogens (tertiary/aromatic N) is 2. The zero-order valence-electron chi connectivity index (χ0n) is 26.9. The van der Waals surface area contributed by atoms with Crippen molar-refractivity contribution in [1.29, 1.82) is 0 Å². The summed E-state index contributed by atoms with van der Waals surface area (Å²) in [6.45, 7) is 0. The predicted octanol–water partition coefficient (Wildman–Crippen LogP) is 13.5. The van der Waals surface area contributed by atoms with Crippen LogP contribution in [0.2, 0.25) is 0 Å². The molecule has 0 bridgehead atoms. The summed E-state index contributed by atoms with van der Waals surface area (Å²) in [6, 6.07) is 60.7. The van der Waals surface area contributed by atoms with Gasteiger partial charge >= 0.3 is 0 Å². The van der Waals surface area contributed by atoms with Gasteiger partial charge in [0.05, 0.1) is 5.69 Å². The largest absolute Gasteiger partial charge is 0.227 e. The van der Waals surface area contributed by atoms with Crippen LogP contribution in [0, 0.1) is 0 Å². The van der Waals surface area contributed by atoms with E-state index in [1.807, 2.05) is 11.3 Å². The van der Waals surface area contributed by atoms with Crippen molar-refractivity contribution in [2.24, 2.45) is 0 Å². The lowest BCUT2D eigenvalue weighted by molar-refractivity contribution is 1.24. The lowest BCUT2D eigenvalue weighted by Gasteiger charge is -2.11. The van der Waals surface area contributed by atoms with E-state index < -0.39 is 0 Å². The minimum atomic E-state index is 0.741. The lowest BCUT2D eigenvalue weighted by atomic mass is 9.95. The molecular formula is C46H28N2S2. The van der Waals surface area contributed by atoms with E-state index >= 15 is 0 Å². The van der Waals surface area contributed by atoms with E-state index in [1.165, 1.54) is 52.5 Å². The number of thiophene rings is 2. The Labute approximate surface area is 297 Å². The number of aromatic nitrogens is 2. The van der Waals surface area contributed by atoms with Gasteiger partial charge in [-0.15, -0.1) is 22.7 Å². The summed E-state index contributed by atoms with van der Waals surface area (Å²) in [5.41, 5.74) is 10.3. The maximum atomic E-state index is 5.42. The van der Waals surface area contributed by atoms with Crippen LogP contribution in [0.25, 0.3) is 96.5 Å². The van der Waals surface area contributed by atoms with Gasteiger partial charge in [0.1, 0.15) is 4.83 Å². The number of rotatable bonds is 5. The molecule has 4 heteroatoms. The first-order valence-electron chi connectivity index (χ1n) is 16.7. The van der Waals surface area contributed by atoms with Gasteiger partial charge in [-0.3, -0.25) is 0 Å². The molecule has 3 aromatic heterocycles. The molecule has 0 amide bonds. The monoisotopic (exact) mass is 672 g/mol. The highest BCUT2D eigenvalue weighted by atomic mass is 32.1. The molecule has 0 aliphatic heterocycles. The number of hydrogen-bond donors (Lipinski definition) is 0. The minimum Gasteiger partial charge on any atom is -0.227 e. The molecule has 2 nitrogen and oxygen atoms in total. The Hall–Kier alpha value is -5.94. The molecule has 0 saturated heterocycles. The van der Waals surface area contributed by atoms with Crippen molar-refractivity contribution in [3.63, 3.8) is 0 Å². The summed E-state index contributed by atoms with van der Waals surface area (Å²) in [5.74, 6) is 0.741. The van der Waals surface area contributed by atoms with Crippen LogP contribution in [0.1, 0.15) is 0 Å². The van der Waals surface area contributed by atoms with Crippen molar-refractivity contribution in [1.82, 2.24) is 9.97 Å². The Balaban J connectivity index is 1.11. The third-order valence-corrected chi connectivity index (χ3v) is 11.8. The maximum Gasteiger partial charge on any atom is 0.161 e. The van der Waals surface area contributed by atoms with Crippen LogP contribution in [0.4, 0.5) is 0 Å². The summed E-state index contributed by atoms with van der Waals surface area (Å²) in [5, 5.41) is 4.89. The molecule has 0 aliphatic rings. The molecule has 0 aliphatic carbocycles. The molecule has 0 saturated carbocycles. The molecule has 0 N–H and O–H groups in total. The highest BCUT2D eigenvalue weighted by Gasteiger charge is 2.20. The van der Waals surface area contributed by atoms with Crippen LogP contribution in [0.3, 0.4) is 0 Å². The Morgan fingerprint density at radius 2 is 0.860 bits per heavy atom. The molecule has 10 rings (SSSR count). The van der Waals surface area contributed by atoms with Crippen molar-refractivity contribution >= 4 is 63.1 Å². The molecule has 3 heterocycles. The van der Waals surface area contributed by atoms with Crippen molar-refractivity contribution in [3.8, 4) is 56.0 Å². The first-order valence-corrected chi connectivity index (χ1v) is 18.4. The van der Waals surface area contributed by atoms with Gasteiger partial charge in [-0.2, -0.15) is 0 Å². The third kappa shape index (κ3) is 4.92. The van der Waals surface area contributed by atoms with Gasteiger partial charge in [0, 0.05) is 46.8 Å². The van der Waals surface area contributed by atoms with E-state index in [1.54, 1.807) is 11.3 Å². The van der Waals surface area contributed by atoms with Crippen LogP contribution in [-0.4, -0.2) is 9.97 Å². The van der Waals surface area contributed by atoms with Crippen LogP contribution in [-0.2, 0) is 0 Å². The van der Waals surface area contributed by atoms with Crippen molar-refractivity contribution in [3.05, 3.63) is 170 Å². The van der Waals surface area contributed by atoms with E-state index in [2.05, 4.69) is 170 Å². The van der Waals surface area contributed by atoms with E-state index in [9.17, 15) is 0 Å². The van der Waals surface area contributed by atoms with Gasteiger partial charge in [0.2, 0.25) is 0 Å². The zero-order chi connectivity index (χ0) is 33.0. The quantitative estimate of drug-likeness (QED) is 0.182. The first kappa shape index (κ1) is 29.0. The van der Waals surface area contributed by atoms with Crippen LogP contribution >= 0.6 is 22.7 Å². The summed E-state index contributed by atoms with van der Waals surface area (Å²) in [4.78, 5) is 11.7. The predicted molar refractivity (Wildman–Crippen MR) is 215 cm³/mol. The van der Waals surface area contributed by atoms with Gasteiger partial charge in [-0.1, -0.05) is 140 Å². The molecule has 234 valence electrons. The number of fused-ring (bicyclic) bond motifs is 6. The second kappa shape index (κ2) is 11.9. The molecule has 10 aromatic rings. The molecule has 0 atom stereocenters. The Kier molecular flexibility index (Phi) is 6.90. The van der Waals surface area contributed by atoms with Crippen LogP contribution in [0.5, 0.6) is 0 Å². The second-order valence-corrected chi connectivity index (χ2v) is 14.6. The summed E-state index contributed by atoms with van der Waals surface area (Å²) in [7, 11) is 0. The van der Waals surface area contributed by atoms with Crippen LogP contribution in [0.15, 0.2) is 170 Å². The van der Waals surface area contributed by atoms with Crippen molar-refractivity contribution < 1.29 is 0 Å². The number of hydrogen-bond acceptors (Lipinski definition) is 4. The highest BCUT2D eigenvalue weighted by Crippen LogP contribution is 2.45. The average molecular weight is 673 g/mol. The molecule has 0 radical (unpaired) electrons. The second-order valence-electron chi connectivity index (χ2n) is 12.6.